The standard InChI is InChI=1S/C13H19FN2O3.ClH/c1-13(2,15)7-16-12(17)8-5-10(18-3)11(19-4)6-9(8)14;/h5-6H,7,15H2,1-4H3,(H,16,17);1H. The summed E-state index contributed by atoms with van der Waals surface area (Å²) >= 11 is 0. The third-order valence-electron chi connectivity index (χ3n) is 2.42. The largest absolute Gasteiger partial charge is 0.493 e. The van der Waals surface area contributed by atoms with Gasteiger partial charge in [-0.1, -0.05) is 0 Å². The maximum atomic E-state index is 13.8. The van der Waals surface area contributed by atoms with Crippen molar-refractivity contribution in [2.75, 3.05) is 20.8 Å². The Balaban J connectivity index is 0.00000361. The molecule has 1 aromatic rings. The molecular weight excluding hydrogens is 287 g/mol. The number of carbonyl (C=O) groups is 1. The molecule has 3 N–H and O–H groups in total. The van der Waals surface area contributed by atoms with Crippen LogP contribution in [0.1, 0.15) is 24.2 Å². The summed E-state index contributed by atoms with van der Waals surface area (Å²) in [6.07, 6.45) is 0. The zero-order chi connectivity index (χ0) is 14.6. The summed E-state index contributed by atoms with van der Waals surface area (Å²) in [6.45, 7) is 3.76. The highest BCUT2D eigenvalue weighted by molar-refractivity contribution is 5.95. The van der Waals surface area contributed by atoms with Crippen molar-refractivity contribution >= 4 is 18.3 Å². The van der Waals surface area contributed by atoms with Crippen LogP contribution in [0.2, 0.25) is 0 Å². The molecule has 0 spiro atoms. The highest BCUT2D eigenvalue weighted by atomic mass is 35.5. The molecule has 0 unspecified atom stereocenters. The lowest BCUT2D eigenvalue weighted by atomic mass is 10.1. The molecule has 0 atom stereocenters. The Morgan fingerprint density at radius 1 is 1.30 bits per heavy atom. The van der Waals surface area contributed by atoms with Crippen molar-refractivity contribution in [2.45, 2.75) is 19.4 Å². The molecular formula is C13H20ClFN2O3. The van der Waals surface area contributed by atoms with Gasteiger partial charge < -0.3 is 20.5 Å². The normalized spacial score (nSPS) is 10.5. The van der Waals surface area contributed by atoms with Crippen LogP contribution in [-0.2, 0) is 0 Å². The van der Waals surface area contributed by atoms with Crippen molar-refractivity contribution < 1.29 is 18.7 Å². The number of hydrogen-bond acceptors (Lipinski definition) is 4. The van der Waals surface area contributed by atoms with E-state index in [1.807, 2.05) is 0 Å². The van der Waals surface area contributed by atoms with Gasteiger partial charge in [0.25, 0.3) is 5.91 Å². The zero-order valence-corrected chi connectivity index (χ0v) is 12.8. The lowest BCUT2D eigenvalue weighted by molar-refractivity contribution is 0.0941. The van der Waals surface area contributed by atoms with Crippen molar-refractivity contribution in [3.63, 3.8) is 0 Å². The SMILES string of the molecule is COc1cc(F)c(C(=O)NCC(C)(C)N)cc1OC.Cl. The number of benzene rings is 1. The first kappa shape index (κ1) is 18.5. The summed E-state index contributed by atoms with van der Waals surface area (Å²) < 4.78 is 23.8. The van der Waals surface area contributed by atoms with Crippen LogP contribution in [-0.4, -0.2) is 32.2 Å². The minimum atomic E-state index is -0.676. The van der Waals surface area contributed by atoms with Crippen LogP contribution in [0.5, 0.6) is 11.5 Å². The van der Waals surface area contributed by atoms with Crippen LogP contribution >= 0.6 is 12.4 Å². The Hall–Kier alpha value is -1.53. The highest BCUT2D eigenvalue weighted by Gasteiger charge is 2.19. The summed E-state index contributed by atoms with van der Waals surface area (Å²) in [4.78, 5) is 11.9. The molecule has 1 amide bonds. The van der Waals surface area contributed by atoms with Crippen molar-refractivity contribution in [3.05, 3.63) is 23.5 Å². The fourth-order valence-electron chi connectivity index (χ4n) is 1.43. The fourth-order valence-corrected chi connectivity index (χ4v) is 1.43. The van der Waals surface area contributed by atoms with Gasteiger partial charge in [-0.15, -0.1) is 12.4 Å². The van der Waals surface area contributed by atoms with E-state index in [9.17, 15) is 9.18 Å². The summed E-state index contributed by atoms with van der Waals surface area (Å²) in [7, 11) is 2.81. The van der Waals surface area contributed by atoms with Gasteiger partial charge in [-0.05, 0) is 19.9 Å². The molecule has 0 aliphatic rings. The third kappa shape index (κ3) is 4.86. The molecule has 1 aromatic carbocycles. The third-order valence-corrected chi connectivity index (χ3v) is 2.42. The molecule has 0 aromatic heterocycles. The first-order valence-corrected chi connectivity index (χ1v) is 5.77. The van der Waals surface area contributed by atoms with Gasteiger partial charge in [0, 0.05) is 18.2 Å². The van der Waals surface area contributed by atoms with E-state index < -0.39 is 17.3 Å². The molecule has 0 saturated carbocycles. The minimum Gasteiger partial charge on any atom is -0.493 e. The lowest BCUT2D eigenvalue weighted by Crippen LogP contribution is -2.45. The Morgan fingerprint density at radius 3 is 2.25 bits per heavy atom. The molecule has 1 rings (SSSR count). The molecule has 20 heavy (non-hydrogen) atoms. The van der Waals surface area contributed by atoms with Crippen molar-refractivity contribution in [1.82, 2.24) is 5.32 Å². The van der Waals surface area contributed by atoms with Crippen molar-refractivity contribution in [3.8, 4) is 11.5 Å². The van der Waals surface area contributed by atoms with Gasteiger partial charge in [-0.2, -0.15) is 0 Å². The van der Waals surface area contributed by atoms with Gasteiger partial charge in [0.2, 0.25) is 0 Å². The number of methoxy groups -OCH3 is 2. The van der Waals surface area contributed by atoms with E-state index in [1.165, 1.54) is 20.3 Å². The molecule has 0 saturated heterocycles. The summed E-state index contributed by atoms with van der Waals surface area (Å²) in [5, 5.41) is 2.57. The van der Waals surface area contributed by atoms with E-state index in [1.54, 1.807) is 13.8 Å². The molecule has 0 radical (unpaired) electrons. The van der Waals surface area contributed by atoms with E-state index in [-0.39, 0.29) is 30.3 Å². The van der Waals surface area contributed by atoms with Crippen LogP contribution < -0.4 is 20.5 Å². The predicted molar refractivity (Wildman–Crippen MR) is 77.4 cm³/mol. The number of nitrogens with two attached hydrogens (primary N) is 1. The number of ether oxygens (including phenoxy) is 2. The van der Waals surface area contributed by atoms with Gasteiger partial charge in [-0.25, -0.2) is 4.39 Å². The lowest BCUT2D eigenvalue weighted by Gasteiger charge is -2.19. The number of rotatable bonds is 5. The second-order valence-electron chi connectivity index (χ2n) is 4.86. The number of amides is 1. The topological polar surface area (TPSA) is 73.6 Å². The Labute approximate surface area is 124 Å². The van der Waals surface area contributed by atoms with E-state index in [0.717, 1.165) is 6.07 Å². The molecule has 0 aliphatic heterocycles. The maximum Gasteiger partial charge on any atom is 0.254 e. The average Bonchev–Trinajstić information content (AvgIpc) is 2.34. The second-order valence-corrected chi connectivity index (χ2v) is 4.86. The summed E-state index contributed by atoms with van der Waals surface area (Å²) in [6, 6.07) is 2.41. The van der Waals surface area contributed by atoms with Crippen LogP contribution in [0.3, 0.4) is 0 Å². The summed E-state index contributed by atoms with van der Waals surface area (Å²) in [5.41, 5.74) is 5.07. The molecule has 0 fully saturated rings. The quantitative estimate of drug-likeness (QED) is 0.869. The molecule has 0 heterocycles. The van der Waals surface area contributed by atoms with E-state index in [0.29, 0.717) is 5.75 Å². The van der Waals surface area contributed by atoms with E-state index in [2.05, 4.69) is 5.32 Å². The minimum absolute atomic E-state index is 0. The Kier molecular flexibility index (Phi) is 6.75. The number of carbonyl (C=O) groups excluding carboxylic acids is 1. The van der Waals surface area contributed by atoms with E-state index >= 15 is 0 Å². The highest BCUT2D eigenvalue weighted by Crippen LogP contribution is 2.29. The molecule has 0 aliphatic carbocycles. The smallest absolute Gasteiger partial charge is 0.254 e. The first-order chi connectivity index (χ1) is 8.78. The van der Waals surface area contributed by atoms with Gasteiger partial charge in [0.1, 0.15) is 5.82 Å². The monoisotopic (exact) mass is 306 g/mol. The second kappa shape index (κ2) is 7.31. The maximum absolute atomic E-state index is 13.8. The molecule has 7 heteroatoms. The molecule has 114 valence electrons. The van der Waals surface area contributed by atoms with Gasteiger partial charge in [0.05, 0.1) is 19.8 Å². The Bertz CT molecular complexity index is 475. The van der Waals surface area contributed by atoms with Gasteiger partial charge >= 0.3 is 0 Å². The van der Waals surface area contributed by atoms with Crippen molar-refractivity contribution in [1.29, 1.82) is 0 Å². The number of nitrogens with one attached hydrogen (secondary N) is 1. The molecule has 5 nitrogen and oxygen atoms in total. The zero-order valence-electron chi connectivity index (χ0n) is 12.0. The van der Waals surface area contributed by atoms with Crippen LogP contribution in [0.25, 0.3) is 0 Å². The number of halogens is 2. The van der Waals surface area contributed by atoms with Crippen molar-refractivity contribution in [2.24, 2.45) is 5.73 Å². The fraction of sp³-hybridized carbons (Fsp3) is 0.462. The van der Waals surface area contributed by atoms with E-state index in [4.69, 9.17) is 15.2 Å². The molecule has 0 bridgehead atoms. The number of hydrogen-bond donors (Lipinski definition) is 2. The van der Waals surface area contributed by atoms with Crippen LogP contribution in [0, 0.1) is 5.82 Å². The van der Waals surface area contributed by atoms with Gasteiger partial charge in [-0.3, -0.25) is 4.79 Å². The summed E-state index contributed by atoms with van der Waals surface area (Å²) in [5.74, 6) is -0.696. The first-order valence-electron chi connectivity index (χ1n) is 5.77. The van der Waals surface area contributed by atoms with Gasteiger partial charge in [0.15, 0.2) is 11.5 Å². The van der Waals surface area contributed by atoms with Crippen LogP contribution in [0.4, 0.5) is 4.39 Å². The van der Waals surface area contributed by atoms with Crippen LogP contribution in [0.15, 0.2) is 12.1 Å². The predicted octanol–water partition coefficient (Wildman–Crippen LogP) is 1.73. The average molecular weight is 307 g/mol. The Morgan fingerprint density at radius 2 is 1.80 bits per heavy atom.